The molecule has 0 unspecified atom stereocenters. The first-order valence-corrected chi connectivity index (χ1v) is 9.47. The Bertz CT molecular complexity index is 1130. The van der Waals surface area contributed by atoms with Crippen molar-refractivity contribution in [1.82, 2.24) is 9.78 Å². The number of nitrogens with two attached hydrogens (primary N) is 1. The molecular formula is C17H13ClF3N3O2S. The zero-order valence-electron chi connectivity index (χ0n) is 13.8. The van der Waals surface area contributed by atoms with Gasteiger partial charge in [0.2, 0.25) is 10.0 Å². The molecule has 3 aromatic rings. The molecule has 142 valence electrons. The molecule has 0 saturated carbocycles. The molecule has 0 aliphatic rings. The molecule has 1 heterocycles. The van der Waals surface area contributed by atoms with Gasteiger partial charge in [0.15, 0.2) is 0 Å². The number of nitrogens with zero attached hydrogens (tertiary/aromatic N) is 2. The number of benzene rings is 2. The lowest BCUT2D eigenvalue weighted by Gasteiger charge is -2.10. The maximum Gasteiger partial charge on any atom is 0.282 e. The molecule has 0 atom stereocenters. The number of hydrogen-bond donors (Lipinski definition) is 1. The van der Waals surface area contributed by atoms with Gasteiger partial charge in [-0.2, -0.15) is 5.10 Å². The van der Waals surface area contributed by atoms with E-state index in [4.69, 9.17) is 16.7 Å². The zero-order chi connectivity index (χ0) is 19.9. The first kappa shape index (κ1) is 19.4. The standard InChI is InChI=1S/C17H13ClF3N3O2S/c1-9-2-4-11(7-12(9)18)24-15(8-14(23-24)17(20)21)10-3-5-16(13(19)6-10)27(22,25)26/h2-8,17H,1H3,(H2,22,25,26). The molecule has 0 aliphatic heterocycles. The van der Waals surface area contributed by atoms with Crippen molar-refractivity contribution in [2.45, 2.75) is 18.2 Å². The van der Waals surface area contributed by atoms with E-state index in [-0.39, 0.29) is 11.3 Å². The van der Waals surface area contributed by atoms with E-state index in [9.17, 15) is 21.6 Å². The minimum absolute atomic E-state index is 0.144. The Morgan fingerprint density at radius 2 is 1.85 bits per heavy atom. The maximum atomic E-state index is 14.2. The second-order valence-corrected chi connectivity index (χ2v) is 7.73. The Hall–Kier alpha value is -2.36. The van der Waals surface area contributed by atoms with E-state index >= 15 is 0 Å². The minimum Gasteiger partial charge on any atom is -0.233 e. The summed E-state index contributed by atoms with van der Waals surface area (Å²) < 4.78 is 64.4. The average molecular weight is 416 g/mol. The van der Waals surface area contributed by atoms with Crippen LogP contribution in [0.1, 0.15) is 17.7 Å². The third-order valence-electron chi connectivity index (χ3n) is 3.89. The number of halogens is 4. The van der Waals surface area contributed by atoms with Crippen molar-refractivity contribution in [1.29, 1.82) is 0 Å². The van der Waals surface area contributed by atoms with Crippen molar-refractivity contribution in [3.05, 3.63) is 64.6 Å². The summed E-state index contributed by atoms with van der Waals surface area (Å²) in [5, 5.41) is 9.22. The maximum absolute atomic E-state index is 14.2. The minimum atomic E-state index is -4.25. The lowest BCUT2D eigenvalue weighted by atomic mass is 10.1. The molecular weight excluding hydrogens is 403 g/mol. The third-order valence-corrected chi connectivity index (χ3v) is 5.24. The van der Waals surface area contributed by atoms with Gasteiger partial charge in [0.25, 0.3) is 6.43 Å². The van der Waals surface area contributed by atoms with Crippen molar-refractivity contribution in [2.24, 2.45) is 5.14 Å². The highest BCUT2D eigenvalue weighted by molar-refractivity contribution is 7.89. The van der Waals surface area contributed by atoms with Gasteiger partial charge in [0.05, 0.1) is 11.4 Å². The van der Waals surface area contributed by atoms with Gasteiger partial charge in [-0.1, -0.05) is 23.7 Å². The number of aryl methyl sites for hydroxylation is 1. The lowest BCUT2D eigenvalue weighted by Crippen LogP contribution is -2.14. The van der Waals surface area contributed by atoms with Crippen molar-refractivity contribution in [3.8, 4) is 16.9 Å². The van der Waals surface area contributed by atoms with E-state index in [1.807, 2.05) is 0 Å². The smallest absolute Gasteiger partial charge is 0.233 e. The molecule has 3 rings (SSSR count). The highest BCUT2D eigenvalue weighted by Gasteiger charge is 2.20. The zero-order valence-corrected chi connectivity index (χ0v) is 15.4. The van der Waals surface area contributed by atoms with Gasteiger partial charge in [0, 0.05) is 10.6 Å². The molecule has 10 heteroatoms. The van der Waals surface area contributed by atoms with Gasteiger partial charge in [-0.3, -0.25) is 0 Å². The second kappa shape index (κ2) is 6.99. The molecule has 0 bridgehead atoms. The number of hydrogen-bond acceptors (Lipinski definition) is 3. The number of alkyl halides is 2. The van der Waals surface area contributed by atoms with Crippen LogP contribution in [-0.2, 0) is 10.0 Å². The summed E-state index contributed by atoms with van der Waals surface area (Å²) in [4.78, 5) is -0.690. The monoisotopic (exact) mass is 415 g/mol. The Morgan fingerprint density at radius 3 is 2.41 bits per heavy atom. The molecule has 5 nitrogen and oxygen atoms in total. The number of primary sulfonamides is 1. The topological polar surface area (TPSA) is 78.0 Å². The van der Waals surface area contributed by atoms with Gasteiger partial charge in [-0.25, -0.2) is 31.4 Å². The van der Waals surface area contributed by atoms with E-state index in [1.54, 1.807) is 19.1 Å². The summed E-state index contributed by atoms with van der Waals surface area (Å²) in [6.45, 7) is 1.78. The van der Waals surface area contributed by atoms with Gasteiger partial charge < -0.3 is 0 Å². The van der Waals surface area contributed by atoms with E-state index in [1.165, 1.54) is 16.8 Å². The summed E-state index contributed by atoms with van der Waals surface area (Å²) in [5.74, 6) is -1.09. The van der Waals surface area contributed by atoms with Crippen LogP contribution in [0.25, 0.3) is 16.9 Å². The van der Waals surface area contributed by atoms with Crippen LogP contribution < -0.4 is 5.14 Å². The highest BCUT2D eigenvalue weighted by Crippen LogP contribution is 2.31. The summed E-state index contributed by atoms with van der Waals surface area (Å²) in [6, 6.07) is 9.10. The van der Waals surface area contributed by atoms with Crippen LogP contribution in [0.15, 0.2) is 47.4 Å². The number of rotatable bonds is 4. The first-order valence-electron chi connectivity index (χ1n) is 7.55. The Kier molecular flexibility index (Phi) is 5.02. The molecule has 0 aliphatic carbocycles. The number of aromatic nitrogens is 2. The molecule has 0 saturated heterocycles. The van der Waals surface area contributed by atoms with Gasteiger partial charge >= 0.3 is 0 Å². The summed E-state index contributed by atoms with van der Waals surface area (Å²) in [6.07, 6.45) is -2.85. The highest BCUT2D eigenvalue weighted by atomic mass is 35.5. The van der Waals surface area contributed by atoms with Crippen LogP contribution in [0.2, 0.25) is 5.02 Å². The van der Waals surface area contributed by atoms with Crippen molar-refractivity contribution < 1.29 is 21.6 Å². The lowest BCUT2D eigenvalue weighted by molar-refractivity contribution is 0.145. The Balaban J connectivity index is 2.20. The van der Waals surface area contributed by atoms with E-state index in [2.05, 4.69) is 5.10 Å². The summed E-state index contributed by atoms with van der Waals surface area (Å²) in [5.41, 5.74) is 0.953. The molecule has 2 aromatic carbocycles. The molecule has 0 spiro atoms. The SMILES string of the molecule is Cc1ccc(-n2nc(C(F)F)cc2-c2ccc(S(N)(=O)=O)c(F)c2)cc1Cl. The van der Waals surface area contributed by atoms with Crippen molar-refractivity contribution >= 4 is 21.6 Å². The predicted octanol–water partition coefficient (Wildman–Crippen LogP) is 4.23. The summed E-state index contributed by atoms with van der Waals surface area (Å²) in [7, 11) is -4.25. The molecule has 0 radical (unpaired) electrons. The Morgan fingerprint density at radius 1 is 1.15 bits per heavy atom. The molecule has 27 heavy (non-hydrogen) atoms. The molecule has 0 amide bonds. The van der Waals surface area contributed by atoms with Gasteiger partial charge in [-0.15, -0.1) is 0 Å². The van der Waals surface area contributed by atoms with Crippen LogP contribution >= 0.6 is 11.6 Å². The molecule has 2 N–H and O–H groups in total. The fourth-order valence-corrected chi connectivity index (χ4v) is 3.28. The first-order chi connectivity index (χ1) is 12.6. The van der Waals surface area contributed by atoms with Crippen LogP contribution in [0, 0.1) is 12.7 Å². The van der Waals surface area contributed by atoms with Crippen LogP contribution in [0.3, 0.4) is 0 Å². The van der Waals surface area contributed by atoms with Crippen LogP contribution in [0.5, 0.6) is 0 Å². The normalized spacial score (nSPS) is 12.0. The van der Waals surface area contributed by atoms with Crippen LogP contribution in [0.4, 0.5) is 13.2 Å². The van der Waals surface area contributed by atoms with Crippen LogP contribution in [-0.4, -0.2) is 18.2 Å². The van der Waals surface area contributed by atoms with E-state index < -0.39 is 32.9 Å². The fraction of sp³-hybridized carbons (Fsp3) is 0.118. The largest absolute Gasteiger partial charge is 0.282 e. The Labute approximate surface area is 158 Å². The quantitative estimate of drug-likeness (QED) is 0.692. The van der Waals surface area contributed by atoms with Crippen molar-refractivity contribution in [2.75, 3.05) is 0 Å². The van der Waals surface area contributed by atoms with E-state index in [0.29, 0.717) is 10.7 Å². The third kappa shape index (κ3) is 3.85. The van der Waals surface area contributed by atoms with Gasteiger partial charge in [0.1, 0.15) is 16.4 Å². The molecule has 0 fully saturated rings. The van der Waals surface area contributed by atoms with E-state index in [0.717, 1.165) is 23.8 Å². The fourth-order valence-electron chi connectivity index (χ4n) is 2.51. The van der Waals surface area contributed by atoms with Gasteiger partial charge in [-0.05, 0) is 42.8 Å². The molecule has 1 aromatic heterocycles. The second-order valence-electron chi connectivity index (χ2n) is 5.79. The predicted molar refractivity (Wildman–Crippen MR) is 95.0 cm³/mol. The summed E-state index contributed by atoms with van der Waals surface area (Å²) >= 11 is 6.10. The van der Waals surface area contributed by atoms with Crippen molar-refractivity contribution in [3.63, 3.8) is 0 Å². The number of sulfonamides is 1. The average Bonchev–Trinajstić information content (AvgIpc) is 3.01.